The maximum atomic E-state index is 13.1. The van der Waals surface area contributed by atoms with E-state index < -0.39 is 22.3 Å². The van der Waals surface area contributed by atoms with Crippen molar-refractivity contribution < 1.29 is 32.7 Å². The average molecular weight is 514 g/mol. The number of hydrogen-bond donors (Lipinski definition) is 2. The number of nitro groups is 1. The third kappa shape index (κ3) is 5.54. The van der Waals surface area contributed by atoms with Crippen molar-refractivity contribution in [1.29, 1.82) is 0 Å². The van der Waals surface area contributed by atoms with E-state index in [1.165, 1.54) is 63.7 Å². The number of aromatic nitrogens is 2. The van der Waals surface area contributed by atoms with E-state index in [-0.39, 0.29) is 28.8 Å². The average Bonchev–Trinajstić information content (AvgIpc) is 2.83. The van der Waals surface area contributed by atoms with Gasteiger partial charge in [0.25, 0.3) is 0 Å². The van der Waals surface area contributed by atoms with Gasteiger partial charge >= 0.3 is 11.9 Å². The van der Waals surface area contributed by atoms with Gasteiger partial charge in [0.05, 0.1) is 34.1 Å². The van der Waals surface area contributed by atoms with Crippen LogP contribution in [0, 0.1) is 10.1 Å². The first-order valence-electron chi connectivity index (χ1n) is 10.8. The predicted molar refractivity (Wildman–Crippen MR) is 129 cm³/mol. The summed E-state index contributed by atoms with van der Waals surface area (Å²) >= 11 is 0. The largest absolute Gasteiger partial charge is 0.490 e. The molecule has 0 saturated carbocycles. The Balaban J connectivity index is 1.73. The smallest absolute Gasteiger partial charge is 0.416 e. The van der Waals surface area contributed by atoms with Crippen LogP contribution < -0.4 is 14.8 Å². The Morgan fingerprint density at radius 1 is 1.03 bits per heavy atom. The summed E-state index contributed by atoms with van der Waals surface area (Å²) in [5.74, 6) is 0.429. The summed E-state index contributed by atoms with van der Waals surface area (Å²) in [5, 5.41) is 25.7. The maximum absolute atomic E-state index is 13.1. The van der Waals surface area contributed by atoms with Gasteiger partial charge in [-0.05, 0) is 50.2 Å². The number of anilines is 2. The lowest BCUT2D eigenvalue weighted by molar-refractivity contribution is -0.385. The third-order valence-electron chi connectivity index (χ3n) is 5.43. The molecular formula is C25H21F3N4O5. The number of fused-ring (bicyclic) bond motifs is 1. The van der Waals surface area contributed by atoms with E-state index in [9.17, 15) is 28.4 Å². The lowest BCUT2D eigenvalue weighted by Gasteiger charge is -2.23. The van der Waals surface area contributed by atoms with Crippen molar-refractivity contribution in [3.63, 3.8) is 0 Å². The zero-order valence-electron chi connectivity index (χ0n) is 19.8. The lowest BCUT2D eigenvalue weighted by atomic mass is 9.96. The van der Waals surface area contributed by atoms with Crippen molar-refractivity contribution in [1.82, 2.24) is 9.97 Å². The molecule has 12 heteroatoms. The molecule has 0 saturated heterocycles. The SMILES string of the molecule is COc1cc2ncnc(Nc3ccc(Oc4cccc(C(F)(F)F)c4)cc3C(C)(C)O)c2cc1[N+](=O)[O-]. The van der Waals surface area contributed by atoms with Crippen molar-refractivity contribution >= 4 is 28.1 Å². The van der Waals surface area contributed by atoms with Gasteiger partial charge in [-0.15, -0.1) is 0 Å². The fourth-order valence-corrected chi connectivity index (χ4v) is 3.68. The molecule has 1 aromatic heterocycles. The molecule has 0 aliphatic carbocycles. The fourth-order valence-electron chi connectivity index (χ4n) is 3.68. The van der Waals surface area contributed by atoms with Crippen LogP contribution >= 0.6 is 0 Å². The van der Waals surface area contributed by atoms with Gasteiger partial charge in [-0.1, -0.05) is 6.07 Å². The van der Waals surface area contributed by atoms with Crippen LogP contribution in [0.3, 0.4) is 0 Å². The number of halogens is 3. The molecule has 0 radical (unpaired) electrons. The number of nitro benzene ring substituents is 1. The van der Waals surface area contributed by atoms with Gasteiger partial charge in [-0.2, -0.15) is 13.2 Å². The van der Waals surface area contributed by atoms with Crippen LogP contribution in [-0.4, -0.2) is 27.1 Å². The minimum Gasteiger partial charge on any atom is -0.490 e. The Hall–Kier alpha value is -4.45. The number of methoxy groups -OCH3 is 1. The van der Waals surface area contributed by atoms with Crippen molar-refractivity contribution in [2.75, 3.05) is 12.4 Å². The first kappa shape index (κ1) is 25.6. The summed E-state index contributed by atoms with van der Waals surface area (Å²) in [6, 6.07) is 11.7. The Kier molecular flexibility index (Phi) is 6.61. The maximum Gasteiger partial charge on any atom is 0.416 e. The zero-order valence-corrected chi connectivity index (χ0v) is 19.8. The minimum atomic E-state index is -4.52. The third-order valence-corrected chi connectivity index (χ3v) is 5.43. The number of alkyl halides is 3. The first-order chi connectivity index (χ1) is 17.4. The molecule has 4 aromatic rings. The highest BCUT2D eigenvalue weighted by Gasteiger charge is 2.31. The lowest BCUT2D eigenvalue weighted by Crippen LogP contribution is -2.18. The minimum absolute atomic E-state index is 0.0275. The van der Waals surface area contributed by atoms with Gasteiger partial charge in [0.15, 0.2) is 5.75 Å². The number of rotatable bonds is 7. The number of ether oxygens (including phenoxy) is 2. The summed E-state index contributed by atoms with van der Waals surface area (Å²) in [5.41, 5.74) is -1.43. The highest BCUT2D eigenvalue weighted by Crippen LogP contribution is 2.38. The summed E-state index contributed by atoms with van der Waals surface area (Å²) in [6.45, 7) is 3.05. The summed E-state index contributed by atoms with van der Waals surface area (Å²) < 4.78 is 49.9. The highest BCUT2D eigenvalue weighted by atomic mass is 19.4. The van der Waals surface area contributed by atoms with E-state index >= 15 is 0 Å². The van der Waals surface area contributed by atoms with Crippen molar-refractivity contribution in [3.8, 4) is 17.2 Å². The number of nitrogens with zero attached hydrogens (tertiary/aromatic N) is 3. The highest BCUT2D eigenvalue weighted by molar-refractivity contribution is 5.94. The molecule has 0 aliphatic rings. The Morgan fingerprint density at radius 2 is 1.76 bits per heavy atom. The number of hydrogen-bond acceptors (Lipinski definition) is 8. The van der Waals surface area contributed by atoms with Crippen LogP contribution in [0.1, 0.15) is 25.0 Å². The number of nitrogens with one attached hydrogen (secondary N) is 1. The van der Waals surface area contributed by atoms with Crippen LogP contribution in [0.5, 0.6) is 17.2 Å². The number of aliphatic hydroxyl groups is 1. The summed E-state index contributed by atoms with van der Waals surface area (Å²) in [6.07, 6.45) is -3.25. The molecule has 0 atom stereocenters. The van der Waals surface area contributed by atoms with Crippen LogP contribution in [-0.2, 0) is 11.8 Å². The van der Waals surface area contributed by atoms with E-state index in [2.05, 4.69) is 15.3 Å². The molecule has 0 amide bonds. The van der Waals surface area contributed by atoms with E-state index in [1.54, 1.807) is 6.07 Å². The van der Waals surface area contributed by atoms with E-state index in [0.717, 1.165) is 12.1 Å². The Labute approximate surface area is 208 Å². The van der Waals surface area contributed by atoms with Crippen LogP contribution in [0.2, 0.25) is 0 Å². The van der Waals surface area contributed by atoms with Crippen LogP contribution in [0.25, 0.3) is 10.9 Å². The van der Waals surface area contributed by atoms with Gasteiger partial charge in [-0.25, -0.2) is 9.97 Å². The second-order valence-corrected chi connectivity index (χ2v) is 8.54. The zero-order chi connectivity index (χ0) is 27.0. The molecule has 0 aliphatic heterocycles. The molecule has 4 rings (SSSR count). The van der Waals surface area contributed by atoms with Crippen molar-refractivity contribution in [2.45, 2.75) is 25.6 Å². The molecule has 192 valence electrons. The molecule has 0 fully saturated rings. The molecule has 2 N–H and O–H groups in total. The van der Waals surface area contributed by atoms with Gasteiger partial charge in [0.2, 0.25) is 0 Å². The molecule has 0 bridgehead atoms. The van der Waals surface area contributed by atoms with E-state index in [1.807, 2.05) is 0 Å². The Morgan fingerprint density at radius 3 is 2.41 bits per heavy atom. The second-order valence-electron chi connectivity index (χ2n) is 8.54. The van der Waals surface area contributed by atoms with Crippen LogP contribution in [0.15, 0.2) is 60.9 Å². The molecule has 37 heavy (non-hydrogen) atoms. The number of benzene rings is 3. The van der Waals surface area contributed by atoms with Crippen molar-refractivity contribution in [3.05, 3.63) is 82.2 Å². The van der Waals surface area contributed by atoms with E-state index in [0.29, 0.717) is 22.2 Å². The predicted octanol–water partition coefficient (Wildman–Crippen LogP) is 6.33. The monoisotopic (exact) mass is 514 g/mol. The van der Waals surface area contributed by atoms with Crippen LogP contribution in [0.4, 0.5) is 30.4 Å². The molecule has 1 heterocycles. The van der Waals surface area contributed by atoms with Gasteiger partial charge in [-0.3, -0.25) is 10.1 Å². The second kappa shape index (κ2) is 9.54. The molecule has 0 spiro atoms. The molecule has 9 nitrogen and oxygen atoms in total. The molecular weight excluding hydrogens is 493 g/mol. The van der Waals surface area contributed by atoms with E-state index in [4.69, 9.17) is 9.47 Å². The van der Waals surface area contributed by atoms with Gasteiger partial charge in [0.1, 0.15) is 23.6 Å². The first-order valence-corrected chi connectivity index (χ1v) is 10.8. The Bertz CT molecular complexity index is 1490. The van der Waals surface area contributed by atoms with Crippen molar-refractivity contribution in [2.24, 2.45) is 0 Å². The summed E-state index contributed by atoms with van der Waals surface area (Å²) in [7, 11) is 1.31. The normalized spacial score (nSPS) is 11.9. The molecule has 0 unspecified atom stereocenters. The van der Waals surface area contributed by atoms with Gasteiger partial charge in [0, 0.05) is 23.4 Å². The molecule has 3 aromatic carbocycles. The fraction of sp³-hybridized carbons (Fsp3) is 0.200. The quantitative estimate of drug-likeness (QED) is 0.217. The van der Waals surface area contributed by atoms with Gasteiger partial charge < -0.3 is 19.9 Å². The summed E-state index contributed by atoms with van der Waals surface area (Å²) in [4.78, 5) is 19.3. The topological polar surface area (TPSA) is 120 Å². The standard InChI is InChI=1S/C25H21F3N4O5/c1-24(2,33)18-10-16(37-15-6-4-5-14(9-15)25(26,27)28)7-8-19(18)31-23-17-11-21(32(34)35)22(36-3)12-20(17)29-13-30-23/h4-13,33H,1-3H3,(H,29,30,31).